The van der Waals surface area contributed by atoms with Gasteiger partial charge in [-0.05, 0) is 13.8 Å². The molecule has 0 atom stereocenters. The molecule has 0 radical (unpaired) electrons. The highest BCUT2D eigenvalue weighted by molar-refractivity contribution is 5.78. The highest BCUT2D eigenvalue weighted by Gasteiger charge is 2.23. The van der Waals surface area contributed by atoms with Crippen LogP contribution in [0.2, 0.25) is 0 Å². The molecular weight excluding hydrogens is 126 g/mol. The Morgan fingerprint density at radius 3 is 2.20 bits per heavy atom. The molecule has 3 heteroatoms. The molecule has 0 aliphatic carbocycles. The zero-order valence-electron chi connectivity index (χ0n) is 6.89. The maximum Gasteiger partial charge on any atom is 0.193 e. The molecule has 1 heterocycles. The molecule has 1 saturated heterocycles. The van der Waals surface area contributed by atoms with Gasteiger partial charge in [-0.2, -0.15) is 0 Å². The normalized spacial score (nSPS) is 19.4. The second kappa shape index (κ2) is 2.48. The molecule has 0 unspecified atom stereocenters. The number of likely N-dealkylation sites (N-methyl/N-ethyl adjacent to an activating group) is 1. The van der Waals surface area contributed by atoms with E-state index < -0.39 is 0 Å². The van der Waals surface area contributed by atoms with Gasteiger partial charge in [-0.15, -0.1) is 0 Å². The van der Waals surface area contributed by atoms with Crippen molar-refractivity contribution in [2.75, 3.05) is 20.1 Å². The molecule has 0 aromatic rings. The first-order valence-corrected chi connectivity index (χ1v) is 3.69. The third kappa shape index (κ3) is 1.08. The van der Waals surface area contributed by atoms with Crippen molar-refractivity contribution in [1.29, 1.82) is 5.41 Å². The van der Waals surface area contributed by atoms with Crippen LogP contribution in [0.3, 0.4) is 0 Å². The molecule has 1 aliphatic heterocycles. The van der Waals surface area contributed by atoms with E-state index >= 15 is 0 Å². The van der Waals surface area contributed by atoms with Gasteiger partial charge < -0.3 is 9.80 Å². The summed E-state index contributed by atoms with van der Waals surface area (Å²) in [5, 5.41) is 7.59. The Balaban J connectivity index is 2.57. The van der Waals surface area contributed by atoms with E-state index in [2.05, 4.69) is 18.7 Å². The number of nitrogens with one attached hydrogen (secondary N) is 1. The number of guanidine groups is 1. The molecule has 0 amide bonds. The van der Waals surface area contributed by atoms with Gasteiger partial charge in [0.2, 0.25) is 0 Å². The largest absolute Gasteiger partial charge is 0.344 e. The lowest BCUT2D eigenvalue weighted by atomic mass is 10.3. The summed E-state index contributed by atoms with van der Waals surface area (Å²) < 4.78 is 0. The molecule has 0 saturated carbocycles. The van der Waals surface area contributed by atoms with Gasteiger partial charge in [0.15, 0.2) is 5.96 Å². The zero-order valence-corrected chi connectivity index (χ0v) is 6.89. The fourth-order valence-corrected chi connectivity index (χ4v) is 1.19. The number of rotatable bonds is 1. The average Bonchev–Trinajstić information content (AvgIpc) is 2.14. The lowest BCUT2D eigenvalue weighted by Gasteiger charge is -2.22. The molecule has 1 rings (SSSR count). The van der Waals surface area contributed by atoms with Crippen LogP contribution in [0.4, 0.5) is 0 Å². The Hall–Kier alpha value is -0.730. The second-order valence-electron chi connectivity index (χ2n) is 3.03. The van der Waals surface area contributed by atoms with Crippen LogP contribution in [0.25, 0.3) is 0 Å². The molecule has 1 aliphatic rings. The summed E-state index contributed by atoms with van der Waals surface area (Å²) in [7, 11) is 1.96. The average molecular weight is 141 g/mol. The Morgan fingerprint density at radius 2 is 2.00 bits per heavy atom. The summed E-state index contributed by atoms with van der Waals surface area (Å²) in [6.45, 7) is 6.24. The molecule has 0 spiro atoms. The van der Waals surface area contributed by atoms with Gasteiger partial charge in [-0.1, -0.05) is 0 Å². The summed E-state index contributed by atoms with van der Waals surface area (Å²) in [5.74, 6) is 0.662. The van der Waals surface area contributed by atoms with Crippen molar-refractivity contribution < 1.29 is 0 Å². The van der Waals surface area contributed by atoms with Crippen LogP contribution in [0.15, 0.2) is 0 Å². The zero-order chi connectivity index (χ0) is 7.72. The minimum Gasteiger partial charge on any atom is -0.344 e. The van der Waals surface area contributed by atoms with Crippen molar-refractivity contribution in [2.45, 2.75) is 19.9 Å². The monoisotopic (exact) mass is 141 g/mol. The Bertz CT molecular complexity index is 142. The van der Waals surface area contributed by atoms with E-state index in [0.29, 0.717) is 12.0 Å². The number of hydrogen-bond acceptors (Lipinski definition) is 1. The Kier molecular flexibility index (Phi) is 1.83. The fourth-order valence-electron chi connectivity index (χ4n) is 1.19. The van der Waals surface area contributed by atoms with Crippen LogP contribution < -0.4 is 0 Å². The quantitative estimate of drug-likeness (QED) is 0.579. The summed E-state index contributed by atoms with van der Waals surface area (Å²) in [6, 6.07) is 0.470. The number of hydrogen-bond donors (Lipinski definition) is 1. The molecule has 3 nitrogen and oxygen atoms in total. The summed E-state index contributed by atoms with van der Waals surface area (Å²) in [6.07, 6.45) is 0. The highest BCUT2D eigenvalue weighted by Crippen LogP contribution is 2.07. The third-order valence-corrected chi connectivity index (χ3v) is 1.93. The molecule has 0 bridgehead atoms. The minimum absolute atomic E-state index is 0.470. The van der Waals surface area contributed by atoms with Crippen LogP contribution in [0, 0.1) is 5.41 Å². The van der Waals surface area contributed by atoms with Crippen LogP contribution in [0.5, 0.6) is 0 Å². The summed E-state index contributed by atoms with van der Waals surface area (Å²) in [4.78, 5) is 4.07. The molecule has 0 aromatic carbocycles. The van der Waals surface area contributed by atoms with Gasteiger partial charge in [-0.25, -0.2) is 0 Å². The SMILES string of the molecule is CC(C)N1CCN(C)C1=N. The molecule has 0 aromatic heterocycles. The van der Waals surface area contributed by atoms with Gasteiger partial charge >= 0.3 is 0 Å². The van der Waals surface area contributed by atoms with Crippen LogP contribution in [-0.2, 0) is 0 Å². The fraction of sp³-hybridized carbons (Fsp3) is 0.857. The summed E-state index contributed by atoms with van der Waals surface area (Å²) in [5.41, 5.74) is 0. The first-order chi connectivity index (χ1) is 4.63. The van der Waals surface area contributed by atoms with E-state index in [9.17, 15) is 0 Å². The minimum atomic E-state index is 0.470. The van der Waals surface area contributed by atoms with E-state index in [0.717, 1.165) is 13.1 Å². The van der Waals surface area contributed by atoms with Crippen molar-refractivity contribution in [3.63, 3.8) is 0 Å². The predicted molar refractivity (Wildman–Crippen MR) is 42.2 cm³/mol. The van der Waals surface area contributed by atoms with Crippen molar-refractivity contribution in [1.82, 2.24) is 9.80 Å². The van der Waals surface area contributed by atoms with Gasteiger partial charge in [0.25, 0.3) is 0 Å². The predicted octanol–water partition coefficient (Wildman–Crippen LogP) is 0.577. The van der Waals surface area contributed by atoms with Crippen LogP contribution in [-0.4, -0.2) is 41.9 Å². The van der Waals surface area contributed by atoms with Gasteiger partial charge in [-0.3, -0.25) is 5.41 Å². The third-order valence-electron chi connectivity index (χ3n) is 1.93. The van der Waals surface area contributed by atoms with Gasteiger partial charge in [0.05, 0.1) is 0 Å². The van der Waals surface area contributed by atoms with E-state index in [1.807, 2.05) is 11.9 Å². The summed E-state index contributed by atoms with van der Waals surface area (Å²) >= 11 is 0. The molecule has 1 N–H and O–H groups in total. The maximum atomic E-state index is 7.59. The Labute approximate surface area is 62.1 Å². The van der Waals surface area contributed by atoms with Crippen molar-refractivity contribution in [3.05, 3.63) is 0 Å². The second-order valence-corrected chi connectivity index (χ2v) is 3.03. The van der Waals surface area contributed by atoms with Gasteiger partial charge in [0.1, 0.15) is 0 Å². The van der Waals surface area contributed by atoms with Crippen molar-refractivity contribution >= 4 is 5.96 Å². The lowest BCUT2D eigenvalue weighted by molar-refractivity contribution is 0.382. The first-order valence-electron chi connectivity index (χ1n) is 3.69. The van der Waals surface area contributed by atoms with Crippen LogP contribution >= 0.6 is 0 Å². The first kappa shape index (κ1) is 7.38. The number of nitrogens with zero attached hydrogens (tertiary/aromatic N) is 2. The van der Waals surface area contributed by atoms with Crippen LogP contribution in [0.1, 0.15) is 13.8 Å². The molecule has 1 fully saturated rings. The van der Waals surface area contributed by atoms with Crippen molar-refractivity contribution in [3.8, 4) is 0 Å². The Morgan fingerprint density at radius 1 is 1.40 bits per heavy atom. The topological polar surface area (TPSA) is 30.3 Å². The maximum absolute atomic E-state index is 7.59. The smallest absolute Gasteiger partial charge is 0.193 e. The molecule has 10 heavy (non-hydrogen) atoms. The van der Waals surface area contributed by atoms with E-state index in [1.165, 1.54) is 0 Å². The lowest BCUT2D eigenvalue weighted by Crippen LogP contribution is -2.35. The standard InChI is InChI=1S/C7H15N3/c1-6(2)10-5-4-9(3)7(10)8/h6,8H,4-5H2,1-3H3. The molecule has 58 valence electrons. The molecular formula is C7H15N3. The van der Waals surface area contributed by atoms with E-state index in [1.54, 1.807) is 0 Å². The highest BCUT2D eigenvalue weighted by atomic mass is 15.4. The van der Waals surface area contributed by atoms with Gasteiger partial charge in [0, 0.05) is 26.2 Å². The van der Waals surface area contributed by atoms with E-state index in [-0.39, 0.29) is 0 Å². The van der Waals surface area contributed by atoms with E-state index in [4.69, 9.17) is 5.41 Å². The van der Waals surface area contributed by atoms with Crippen molar-refractivity contribution in [2.24, 2.45) is 0 Å².